The van der Waals surface area contributed by atoms with Gasteiger partial charge in [-0.05, 0) is 36.8 Å². The molecule has 3 aliphatic rings. The van der Waals surface area contributed by atoms with Gasteiger partial charge in [0.25, 0.3) is 10.2 Å². The first-order valence-corrected chi connectivity index (χ1v) is 10.6. The van der Waals surface area contributed by atoms with Crippen LogP contribution in [0.15, 0.2) is 24.3 Å². The minimum absolute atomic E-state index is 0.0575. The van der Waals surface area contributed by atoms with Crippen LogP contribution in [0.5, 0.6) is 0 Å². The van der Waals surface area contributed by atoms with E-state index in [1.54, 1.807) is 8.61 Å². The van der Waals surface area contributed by atoms with Crippen LogP contribution in [0, 0.1) is 0 Å². The predicted octanol–water partition coefficient (Wildman–Crippen LogP) is 1.20. The highest BCUT2D eigenvalue weighted by Crippen LogP contribution is 2.34. The van der Waals surface area contributed by atoms with Crippen molar-refractivity contribution in [2.75, 3.05) is 39.3 Å². The summed E-state index contributed by atoms with van der Waals surface area (Å²) in [6.07, 6.45) is 3.71. The van der Waals surface area contributed by atoms with Crippen molar-refractivity contribution in [3.63, 3.8) is 0 Å². The largest absolute Gasteiger partial charge is 0.340 e. The average Bonchev–Trinajstić information content (AvgIpc) is 3.31. The lowest BCUT2D eigenvalue weighted by Gasteiger charge is -2.36. The van der Waals surface area contributed by atoms with Gasteiger partial charge in [0.2, 0.25) is 5.91 Å². The molecule has 2 heterocycles. The molecule has 2 aliphatic heterocycles. The van der Waals surface area contributed by atoms with Crippen LogP contribution in [0.3, 0.4) is 0 Å². The first-order valence-electron chi connectivity index (χ1n) is 9.19. The SMILES string of the molecule is O=C([C@H]1CCc2ccccc21)N1CCN(S(=O)(=O)N2CCCC2)CC1. The van der Waals surface area contributed by atoms with Crippen LogP contribution in [0.4, 0.5) is 0 Å². The number of fused-ring (bicyclic) bond motifs is 1. The molecule has 136 valence electrons. The molecule has 0 radical (unpaired) electrons. The van der Waals surface area contributed by atoms with Gasteiger partial charge in [0.05, 0.1) is 5.92 Å². The zero-order chi connectivity index (χ0) is 17.4. The number of rotatable bonds is 3. The summed E-state index contributed by atoms with van der Waals surface area (Å²) in [7, 11) is -3.35. The highest BCUT2D eigenvalue weighted by molar-refractivity contribution is 7.86. The van der Waals surface area contributed by atoms with Crippen LogP contribution in [-0.4, -0.2) is 67.1 Å². The number of hydrogen-bond acceptors (Lipinski definition) is 3. The van der Waals surface area contributed by atoms with Crippen molar-refractivity contribution < 1.29 is 13.2 Å². The molecule has 0 aromatic heterocycles. The third kappa shape index (κ3) is 3.09. The normalized spacial score (nSPS) is 25.3. The maximum absolute atomic E-state index is 12.9. The van der Waals surface area contributed by atoms with E-state index in [2.05, 4.69) is 12.1 Å². The molecule has 2 fully saturated rings. The van der Waals surface area contributed by atoms with E-state index in [0.29, 0.717) is 39.3 Å². The van der Waals surface area contributed by atoms with Crippen molar-refractivity contribution in [2.24, 2.45) is 0 Å². The topological polar surface area (TPSA) is 60.9 Å². The van der Waals surface area contributed by atoms with E-state index in [1.165, 1.54) is 5.56 Å². The van der Waals surface area contributed by atoms with Crippen molar-refractivity contribution in [1.82, 2.24) is 13.5 Å². The molecule has 1 aromatic rings. The van der Waals surface area contributed by atoms with Gasteiger partial charge in [-0.25, -0.2) is 0 Å². The maximum Gasteiger partial charge on any atom is 0.282 e. The van der Waals surface area contributed by atoms with Gasteiger partial charge >= 0.3 is 0 Å². The highest BCUT2D eigenvalue weighted by Gasteiger charge is 2.37. The van der Waals surface area contributed by atoms with E-state index in [9.17, 15) is 13.2 Å². The summed E-state index contributed by atoms with van der Waals surface area (Å²) in [5.41, 5.74) is 2.43. The lowest BCUT2D eigenvalue weighted by atomic mass is 9.99. The Morgan fingerprint density at radius 1 is 0.920 bits per heavy atom. The fourth-order valence-corrected chi connectivity index (χ4v) is 5.93. The molecule has 0 bridgehead atoms. The molecule has 0 unspecified atom stereocenters. The lowest BCUT2D eigenvalue weighted by Crippen LogP contribution is -2.54. The number of nitrogens with zero attached hydrogens (tertiary/aromatic N) is 3. The predicted molar refractivity (Wildman–Crippen MR) is 95.4 cm³/mol. The van der Waals surface area contributed by atoms with Crippen LogP contribution in [0.2, 0.25) is 0 Å². The minimum atomic E-state index is -3.35. The van der Waals surface area contributed by atoms with E-state index in [-0.39, 0.29) is 11.8 Å². The van der Waals surface area contributed by atoms with Crippen LogP contribution >= 0.6 is 0 Å². The van der Waals surface area contributed by atoms with E-state index in [1.807, 2.05) is 17.0 Å². The van der Waals surface area contributed by atoms with Gasteiger partial charge < -0.3 is 4.90 Å². The van der Waals surface area contributed by atoms with Gasteiger partial charge in [-0.2, -0.15) is 17.0 Å². The molecule has 4 rings (SSSR count). The van der Waals surface area contributed by atoms with Gasteiger partial charge in [-0.3, -0.25) is 4.79 Å². The second-order valence-electron chi connectivity index (χ2n) is 7.13. The number of aryl methyl sites for hydroxylation is 1. The third-order valence-corrected chi connectivity index (χ3v) is 7.73. The monoisotopic (exact) mass is 363 g/mol. The smallest absolute Gasteiger partial charge is 0.282 e. The number of amides is 1. The Kier molecular flexibility index (Phi) is 4.56. The Bertz CT molecular complexity index is 751. The summed E-state index contributed by atoms with van der Waals surface area (Å²) >= 11 is 0. The number of carbonyl (C=O) groups excluding carboxylic acids is 1. The third-order valence-electron chi connectivity index (χ3n) is 5.70. The molecule has 7 heteroatoms. The zero-order valence-corrected chi connectivity index (χ0v) is 15.2. The minimum Gasteiger partial charge on any atom is -0.340 e. The van der Waals surface area contributed by atoms with E-state index >= 15 is 0 Å². The average molecular weight is 363 g/mol. The van der Waals surface area contributed by atoms with E-state index < -0.39 is 10.2 Å². The summed E-state index contributed by atoms with van der Waals surface area (Å²) in [4.78, 5) is 14.8. The van der Waals surface area contributed by atoms with Gasteiger partial charge in [-0.15, -0.1) is 0 Å². The fraction of sp³-hybridized carbons (Fsp3) is 0.611. The number of carbonyl (C=O) groups is 1. The van der Waals surface area contributed by atoms with Crippen molar-refractivity contribution in [1.29, 1.82) is 0 Å². The van der Waals surface area contributed by atoms with Crippen molar-refractivity contribution in [3.05, 3.63) is 35.4 Å². The second-order valence-corrected chi connectivity index (χ2v) is 9.06. The summed E-state index contributed by atoms with van der Waals surface area (Å²) in [6.45, 7) is 3.04. The Morgan fingerprint density at radius 3 is 2.28 bits per heavy atom. The summed E-state index contributed by atoms with van der Waals surface area (Å²) in [6, 6.07) is 8.17. The second kappa shape index (κ2) is 6.70. The molecule has 25 heavy (non-hydrogen) atoms. The molecule has 1 amide bonds. The molecule has 0 saturated carbocycles. The van der Waals surface area contributed by atoms with Gasteiger partial charge in [0.1, 0.15) is 0 Å². The van der Waals surface area contributed by atoms with Gasteiger partial charge in [0, 0.05) is 39.3 Å². The summed E-state index contributed by atoms with van der Waals surface area (Å²) in [5, 5.41) is 0. The molecule has 1 aromatic carbocycles. The summed E-state index contributed by atoms with van der Waals surface area (Å²) < 4.78 is 28.4. The van der Waals surface area contributed by atoms with E-state index in [0.717, 1.165) is 31.2 Å². The molecule has 1 aliphatic carbocycles. The molecule has 6 nitrogen and oxygen atoms in total. The Hall–Kier alpha value is -1.44. The van der Waals surface area contributed by atoms with Crippen LogP contribution < -0.4 is 0 Å². The van der Waals surface area contributed by atoms with Crippen molar-refractivity contribution in [2.45, 2.75) is 31.6 Å². The van der Waals surface area contributed by atoms with Crippen LogP contribution in [-0.2, 0) is 21.4 Å². The van der Waals surface area contributed by atoms with Crippen molar-refractivity contribution in [3.8, 4) is 0 Å². The van der Waals surface area contributed by atoms with Crippen LogP contribution in [0.25, 0.3) is 0 Å². The first kappa shape index (κ1) is 17.0. The number of piperazine rings is 1. The quantitative estimate of drug-likeness (QED) is 0.811. The van der Waals surface area contributed by atoms with Crippen LogP contribution in [0.1, 0.15) is 36.3 Å². The molecular weight excluding hydrogens is 338 g/mol. The molecule has 2 saturated heterocycles. The first-order chi connectivity index (χ1) is 12.1. The maximum atomic E-state index is 12.9. The van der Waals surface area contributed by atoms with Crippen molar-refractivity contribution >= 4 is 16.1 Å². The Labute approximate surface area is 149 Å². The standard InChI is InChI=1S/C18H25N3O3S/c22-18(17-8-7-15-5-1-2-6-16(15)17)19-11-13-21(14-12-19)25(23,24)20-9-3-4-10-20/h1-2,5-6,17H,3-4,7-14H2/t17-/m0/s1. The Morgan fingerprint density at radius 2 is 1.56 bits per heavy atom. The van der Waals surface area contributed by atoms with E-state index in [4.69, 9.17) is 0 Å². The fourth-order valence-electron chi connectivity index (χ4n) is 4.26. The lowest BCUT2D eigenvalue weighted by molar-refractivity contribution is -0.134. The molecule has 0 spiro atoms. The zero-order valence-electron chi connectivity index (χ0n) is 14.4. The molecular formula is C18H25N3O3S. The Balaban J connectivity index is 1.40. The molecule has 1 atom stereocenters. The number of benzene rings is 1. The molecule has 0 N–H and O–H groups in total. The highest BCUT2D eigenvalue weighted by atomic mass is 32.2. The summed E-state index contributed by atoms with van der Waals surface area (Å²) in [5.74, 6) is 0.0982. The van der Waals surface area contributed by atoms with Gasteiger partial charge in [0.15, 0.2) is 0 Å². The van der Waals surface area contributed by atoms with Gasteiger partial charge in [-0.1, -0.05) is 24.3 Å². The number of hydrogen-bond donors (Lipinski definition) is 0.